The van der Waals surface area contributed by atoms with Gasteiger partial charge >= 0.3 is 0 Å². The van der Waals surface area contributed by atoms with Gasteiger partial charge in [-0.3, -0.25) is 0 Å². The molecule has 5 heteroatoms. The second-order valence-electron chi connectivity index (χ2n) is 4.38. The fraction of sp³-hybridized carbons (Fsp3) is 0.636. The zero-order valence-corrected chi connectivity index (χ0v) is 9.48. The highest BCUT2D eigenvalue weighted by Crippen LogP contribution is 2.27. The van der Waals surface area contributed by atoms with Crippen LogP contribution in [0.1, 0.15) is 25.0 Å². The van der Waals surface area contributed by atoms with Crippen LogP contribution >= 0.6 is 0 Å². The zero-order chi connectivity index (χ0) is 11.5. The summed E-state index contributed by atoms with van der Waals surface area (Å²) in [5.74, 6) is 1.38. The van der Waals surface area contributed by atoms with Crippen molar-refractivity contribution in [1.82, 2.24) is 9.97 Å². The Balaban J connectivity index is 2.08. The summed E-state index contributed by atoms with van der Waals surface area (Å²) >= 11 is 0. The third-order valence-electron chi connectivity index (χ3n) is 3.10. The fourth-order valence-electron chi connectivity index (χ4n) is 2.30. The number of nitrogens with zero attached hydrogens (tertiary/aromatic N) is 2. The first-order chi connectivity index (χ1) is 7.69. The lowest BCUT2D eigenvalue weighted by molar-refractivity contribution is 0.222. The number of aliphatic hydroxyl groups is 1. The van der Waals surface area contributed by atoms with Crippen LogP contribution in [0.15, 0.2) is 6.07 Å². The van der Waals surface area contributed by atoms with Crippen LogP contribution in [0, 0.1) is 12.8 Å². The lowest BCUT2D eigenvalue weighted by Gasteiger charge is -2.19. The van der Waals surface area contributed by atoms with Gasteiger partial charge in [-0.2, -0.15) is 4.98 Å². The van der Waals surface area contributed by atoms with Gasteiger partial charge in [0.15, 0.2) is 0 Å². The summed E-state index contributed by atoms with van der Waals surface area (Å²) in [6, 6.07) is 2.18. The number of anilines is 2. The maximum absolute atomic E-state index is 9.23. The maximum atomic E-state index is 9.23. The molecule has 88 valence electrons. The third-order valence-corrected chi connectivity index (χ3v) is 3.10. The molecule has 0 aliphatic heterocycles. The Hall–Kier alpha value is -1.36. The molecular weight excluding hydrogens is 204 g/mol. The van der Waals surface area contributed by atoms with Crippen molar-refractivity contribution in [3.05, 3.63) is 11.8 Å². The van der Waals surface area contributed by atoms with Crippen LogP contribution in [-0.4, -0.2) is 27.7 Å². The third kappa shape index (κ3) is 2.41. The summed E-state index contributed by atoms with van der Waals surface area (Å²) in [6.45, 7) is 2.12. The average Bonchev–Trinajstić information content (AvgIpc) is 2.63. The van der Waals surface area contributed by atoms with Crippen molar-refractivity contribution >= 4 is 11.8 Å². The number of aliphatic hydroxyl groups excluding tert-OH is 1. The van der Waals surface area contributed by atoms with E-state index >= 15 is 0 Å². The molecule has 5 nitrogen and oxygen atoms in total. The van der Waals surface area contributed by atoms with E-state index in [4.69, 9.17) is 5.73 Å². The maximum Gasteiger partial charge on any atom is 0.222 e. The lowest BCUT2D eigenvalue weighted by atomic mass is 10.1. The molecule has 0 aromatic carbocycles. The molecule has 1 aromatic heterocycles. The Morgan fingerprint density at radius 2 is 2.31 bits per heavy atom. The van der Waals surface area contributed by atoms with Crippen LogP contribution in [0.5, 0.6) is 0 Å². The number of nitrogens with one attached hydrogen (secondary N) is 1. The SMILES string of the molecule is Cc1cc(NC2CCCC2CO)nc(N)n1. The second-order valence-corrected chi connectivity index (χ2v) is 4.38. The molecular formula is C11H18N4O. The van der Waals surface area contributed by atoms with Crippen molar-refractivity contribution in [3.63, 3.8) is 0 Å². The number of hydrogen-bond acceptors (Lipinski definition) is 5. The summed E-state index contributed by atoms with van der Waals surface area (Å²) < 4.78 is 0. The summed E-state index contributed by atoms with van der Waals surface area (Å²) in [5.41, 5.74) is 6.44. The van der Waals surface area contributed by atoms with Gasteiger partial charge < -0.3 is 16.2 Å². The Bertz CT molecular complexity index is 349. The minimum atomic E-state index is 0.233. The van der Waals surface area contributed by atoms with Gasteiger partial charge in [-0.15, -0.1) is 0 Å². The van der Waals surface area contributed by atoms with Gasteiger partial charge in [0, 0.05) is 30.3 Å². The summed E-state index contributed by atoms with van der Waals surface area (Å²) in [4.78, 5) is 8.17. The van der Waals surface area contributed by atoms with Crippen molar-refractivity contribution in [2.24, 2.45) is 5.92 Å². The van der Waals surface area contributed by atoms with E-state index in [1.54, 1.807) is 0 Å². The van der Waals surface area contributed by atoms with E-state index in [9.17, 15) is 5.11 Å². The topological polar surface area (TPSA) is 84.1 Å². The Morgan fingerprint density at radius 1 is 1.50 bits per heavy atom. The normalized spacial score (nSPS) is 24.6. The van der Waals surface area contributed by atoms with Gasteiger partial charge in [-0.05, 0) is 19.8 Å². The minimum Gasteiger partial charge on any atom is -0.396 e. The van der Waals surface area contributed by atoms with E-state index in [2.05, 4.69) is 15.3 Å². The molecule has 1 aliphatic carbocycles. The smallest absolute Gasteiger partial charge is 0.222 e. The number of nitrogen functional groups attached to an aromatic ring is 1. The van der Waals surface area contributed by atoms with Crippen LogP contribution in [0.3, 0.4) is 0 Å². The molecule has 2 rings (SSSR count). The van der Waals surface area contributed by atoms with Crippen LogP contribution in [0.2, 0.25) is 0 Å². The van der Waals surface area contributed by atoms with E-state index in [0.29, 0.717) is 17.9 Å². The van der Waals surface area contributed by atoms with Crippen molar-refractivity contribution in [2.45, 2.75) is 32.2 Å². The van der Waals surface area contributed by atoms with Gasteiger partial charge in [0.25, 0.3) is 0 Å². The van der Waals surface area contributed by atoms with Gasteiger partial charge in [0.2, 0.25) is 5.95 Å². The molecule has 1 aliphatic rings. The molecule has 1 fully saturated rings. The van der Waals surface area contributed by atoms with Crippen LogP contribution in [0.4, 0.5) is 11.8 Å². The van der Waals surface area contributed by atoms with Gasteiger partial charge in [0.05, 0.1) is 0 Å². The second kappa shape index (κ2) is 4.65. The largest absolute Gasteiger partial charge is 0.396 e. The monoisotopic (exact) mass is 222 g/mol. The number of rotatable bonds is 3. The van der Waals surface area contributed by atoms with Crippen molar-refractivity contribution < 1.29 is 5.11 Å². The molecule has 2 atom stereocenters. The van der Waals surface area contributed by atoms with Crippen LogP contribution in [-0.2, 0) is 0 Å². The quantitative estimate of drug-likeness (QED) is 0.709. The molecule has 1 heterocycles. The van der Waals surface area contributed by atoms with Gasteiger partial charge in [-0.1, -0.05) is 6.42 Å². The molecule has 0 bridgehead atoms. The van der Waals surface area contributed by atoms with E-state index in [1.165, 1.54) is 0 Å². The van der Waals surface area contributed by atoms with Crippen molar-refractivity contribution in [1.29, 1.82) is 0 Å². The van der Waals surface area contributed by atoms with E-state index in [0.717, 1.165) is 30.8 Å². The Kier molecular flexibility index (Phi) is 3.24. The van der Waals surface area contributed by atoms with E-state index < -0.39 is 0 Å². The molecule has 0 saturated heterocycles. The molecule has 2 unspecified atom stereocenters. The standard InChI is InChI=1S/C11H18N4O/c1-7-5-10(15-11(12)13-7)14-9-4-2-3-8(9)6-16/h5,8-9,16H,2-4,6H2,1H3,(H3,12,13,14,15). The van der Waals surface area contributed by atoms with E-state index in [1.807, 2.05) is 13.0 Å². The highest BCUT2D eigenvalue weighted by Gasteiger charge is 2.26. The van der Waals surface area contributed by atoms with Crippen molar-refractivity contribution in [2.75, 3.05) is 17.7 Å². The molecule has 4 N–H and O–H groups in total. The molecule has 0 amide bonds. The number of aromatic nitrogens is 2. The first-order valence-electron chi connectivity index (χ1n) is 5.67. The highest BCUT2D eigenvalue weighted by molar-refractivity contribution is 5.41. The fourth-order valence-corrected chi connectivity index (χ4v) is 2.30. The van der Waals surface area contributed by atoms with Crippen LogP contribution in [0.25, 0.3) is 0 Å². The summed E-state index contributed by atoms with van der Waals surface area (Å²) in [6.07, 6.45) is 3.31. The predicted molar refractivity (Wildman–Crippen MR) is 63.0 cm³/mol. The first kappa shape index (κ1) is 11.1. The lowest BCUT2D eigenvalue weighted by Crippen LogP contribution is -2.27. The van der Waals surface area contributed by atoms with E-state index in [-0.39, 0.29) is 6.61 Å². The van der Waals surface area contributed by atoms with Gasteiger partial charge in [0.1, 0.15) is 5.82 Å². The molecule has 1 saturated carbocycles. The molecule has 0 spiro atoms. The predicted octanol–water partition coefficient (Wildman–Crippen LogP) is 0.940. The minimum absolute atomic E-state index is 0.233. The molecule has 16 heavy (non-hydrogen) atoms. The molecule has 0 radical (unpaired) electrons. The van der Waals surface area contributed by atoms with Gasteiger partial charge in [-0.25, -0.2) is 4.98 Å². The summed E-state index contributed by atoms with van der Waals surface area (Å²) in [7, 11) is 0. The average molecular weight is 222 g/mol. The van der Waals surface area contributed by atoms with Crippen molar-refractivity contribution in [3.8, 4) is 0 Å². The Morgan fingerprint density at radius 3 is 3.00 bits per heavy atom. The zero-order valence-electron chi connectivity index (χ0n) is 9.48. The summed E-state index contributed by atoms with van der Waals surface area (Å²) in [5, 5.41) is 12.6. The Labute approximate surface area is 95.1 Å². The number of hydrogen-bond donors (Lipinski definition) is 3. The van der Waals surface area contributed by atoms with Crippen LogP contribution < -0.4 is 11.1 Å². The first-order valence-corrected chi connectivity index (χ1v) is 5.67. The highest BCUT2D eigenvalue weighted by atomic mass is 16.3. The molecule has 1 aromatic rings. The number of nitrogens with two attached hydrogens (primary N) is 1. The number of aryl methyl sites for hydroxylation is 1.